The van der Waals surface area contributed by atoms with Crippen LogP contribution in [0.5, 0.6) is 0 Å². The van der Waals surface area contributed by atoms with Gasteiger partial charge in [0.15, 0.2) is 0 Å². The van der Waals surface area contributed by atoms with Gasteiger partial charge in [-0.2, -0.15) is 0 Å². The molecule has 2 aliphatic rings. The summed E-state index contributed by atoms with van der Waals surface area (Å²) < 4.78 is 5.25. The molecule has 0 bridgehead atoms. The Morgan fingerprint density at radius 3 is 2.65 bits per heavy atom. The van der Waals surface area contributed by atoms with E-state index in [0.29, 0.717) is 11.8 Å². The first-order valence-corrected chi connectivity index (χ1v) is 8.23. The van der Waals surface area contributed by atoms with Gasteiger partial charge in [-0.05, 0) is 38.5 Å². The largest absolute Gasteiger partial charge is 0.383 e. The zero-order valence-electron chi connectivity index (χ0n) is 13.7. The molecule has 2 rings (SSSR count). The van der Waals surface area contributed by atoms with Crippen molar-refractivity contribution in [2.75, 3.05) is 26.8 Å². The number of methoxy groups -OCH3 is 1. The Labute approximate surface area is 124 Å². The van der Waals surface area contributed by atoms with Crippen LogP contribution in [0, 0.1) is 17.3 Å². The highest BCUT2D eigenvalue weighted by atomic mass is 16.5. The standard InChI is InChI=1S/C17H31NO2/c1-13(14-7-8-14)18(10-11-20-4)12-15-6-5-9-17(2,3)16(15)19/h13-15H,5-12H2,1-4H3. The van der Waals surface area contributed by atoms with E-state index in [0.717, 1.165) is 38.5 Å². The quantitative estimate of drug-likeness (QED) is 0.718. The van der Waals surface area contributed by atoms with Crippen LogP contribution >= 0.6 is 0 Å². The second-order valence-electron chi connectivity index (χ2n) is 7.40. The van der Waals surface area contributed by atoms with Crippen molar-refractivity contribution in [2.24, 2.45) is 17.3 Å². The Bertz CT molecular complexity index is 336. The van der Waals surface area contributed by atoms with E-state index in [1.54, 1.807) is 7.11 Å². The highest BCUT2D eigenvalue weighted by Gasteiger charge is 2.39. The number of rotatable bonds is 7. The molecule has 0 amide bonds. The molecule has 0 aliphatic heterocycles. The molecule has 3 nitrogen and oxygen atoms in total. The van der Waals surface area contributed by atoms with E-state index in [9.17, 15) is 4.79 Å². The minimum atomic E-state index is -0.112. The van der Waals surface area contributed by atoms with E-state index in [1.807, 2.05) is 0 Å². The van der Waals surface area contributed by atoms with Crippen LogP contribution in [0.2, 0.25) is 0 Å². The van der Waals surface area contributed by atoms with Gasteiger partial charge < -0.3 is 4.74 Å². The molecule has 0 N–H and O–H groups in total. The Morgan fingerprint density at radius 1 is 1.35 bits per heavy atom. The molecule has 2 unspecified atom stereocenters. The molecule has 0 saturated heterocycles. The number of hydrogen-bond acceptors (Lipinski definition) is 3. The van der Waals surface area contributed by atoms with Gasteiger partial charge in [-0.3, -0.25) is 9.69 Å². The van der Waals surface area contributed by atoms with Gasteiger partial charge in [-0.15, -0.1) is 0 Å². The number of ketones is 1. The predicted molar refractivity (Wildman–Crippen MR) is 81.8 cm³/mol. The van der Waals surface area contributed by atoms with Crippen molar-refractivity contribution in [1.29, 1.82) is 0 Å². The van der Waals surface area contributed by atoms with Gasteiger partial charge in [0, 0.05) is 37.6 Å². The average Bonchev–Trinajstić information content (AvgIpc) is 3.23. The molecule has 2 fully saturated rings. The Hall–Kier alpha value is -0.410. The van der Waals surface area contributed by atoms with Gasteiger partial charge in [-0.25, -0.2) is 0 Å². The lowest BCUT2D eigenvalue weighted by atomic mass is 9.71. The normalized spacial score (nSPS) is 27.9. The van der Waals surface area contributed by atoms with E-state index in [-0.39, 0.29) is 11.3 Å². The molecule has 2 atom stereocenters. The van der Waals surface area contributed by atoms with Crippen LogP contribution in [-0.4, -0.2) is 43.5 Å². The molecule has 0 heterocycles. The van der Waals surface area contributed by atoms with Crippen LogP contribution in [0.4, 0.5) is 0 Å². The van der Waals surface area contributed by atoms with Gasteiger partial charge in [0.25, 0.3) is 0 Å². The third-order valence-corrected chi connectivity index (χ3v) is 5.31. The van der Waals surface area contributed by atoms with Crippen LogP contribution in [-0.2, 0) is 9.53 Å². The molecule has 0 aromatic carbocycles. The Kier molecular flexibility index (Phi) is 5.25. The molecule has 3 heteroatoms. The SMILES string of the molecule is COCCN(CC1CCCC(C)(C)C1=O)C(C)C1CC1. The third-order valence-electron chi connectivity index (χ3n) is 5.31. The summed E-state index contributed by atoms with van der Waals surface area (Å²) in [7, 11) is 1.76. The van der Waals surface area contributed by atoms with Crippen molar-refractivity contribution in [1.82, 2.24) is 4.90 Å². The van der Waals surface area contributed by atoms with Crippen molar-refractivity contribution in [3.63, 3.8) is 0 Å². The molecule has 116 valence electrons. The molecular formula is C17H31NO2. The number of ether oxygens (including phenoxy) is 1. The first kappa shape index (κ1) is 16.0. The minimum absolute atomic E-state index is 0.112. The maximum Gasteiger partial charge on any atom is 0.142 e. The molecule has 20 heavy (non-hydrogen) atoms. The number of nitrogens with zero attached hydrogens (tertiary/aromatic N) is 1. The van der Waals surface area contributed by atoms with E-state index in [1.165, 1.54) is 19.3 Å². The fraction of sp³-hybridized carbons (Fsp3) is 0.941. The topological polar surface area (TPSA) is 29.5 Å². The second kappa shape index (κ2) is 6.57. The van der Waals surface area contributed by atoms with Gasteiger partial charge in [0.2, 0.25) is 0 Å². The number of Topliss-reactive ketones (excluding diaryl/α,β-unsaturated/α-hetero) is 1. The van der Waals surface area contributed by atoms with Gasteiger partial charge >= 0.3 is 0 Å². The molecule has 0 aromatic heterocycles. The molecular weight excluding hydrogens is 250 g/mol. The molecule has 2 saturated carbocycles. The lowest BCUT2D eigenvalue weighted by molar-refractivity contribution is -0.135. The smallest absolute Gasteiger partial charge is 0.142 e. The lowest BCUT2D eigenvalue weighted by Gasteiger charge is -2.38. The van der Waals surface area contributed by atoms with Crippen molar-refractivity contribution < 1.29 is 9.53 Å². The van der Waals surface area contributed by atoms with Crippen molar-refractivity contribution >= 4 is 5.78 Å². The monoisotopic (exact) mass is 281 g/mol. The third kappa shape index (κ3) is 3.82. The molecule has 0 radical (unpaired) electrons. The van der Waals surface area contributed by atoms with E-state index < -0.39 is 0 Å². The van der Waals surface area contributed by atoms with Crippen LogP contribution in [0.1, 0.15) is 52.9 Å². The number of hydrogen-bond donors (Lipinski definition) is 0. The predicted octanol–water partition coefficient (Wildman–Crippen LogP) is 3.13. The van der Waals surface area contributed by atoms with Crippen molar-refractivity contribution in [3.8, 4) is 0 Å². The highest BCUT2D eigenvalue weighted by Crippen LogP contribution is 2.38. The Balaban J connectivity index is 1.96. The minimum Gasteiger partial charge on any atom is -0.383 e. The summed E-state index contributed by atoms with van der Waals surface area (Å²) >= 11 is 0. The summed E-state index contributed by atoms with van der Waals surface area (Å²) in [5, 5.41) is 0. The fourth-order valence-electron chi connectivity index (χ4n) is 3.60. The van der Waals surface area contributed by atoms with E-state index in [4.69, 9.17) is 4.74 Å². The summed E-state index contributed by atoms with van der Waals surface area (Å²) in [4.78, 5) is 15.1. The van der Waals surface area contributed by atoms with E-state index >= 15 is 0 Å². The number of carbonyl (C=O) groups is 1. The molecule has 0 aromatic rings. The summed E-state index contributed by atoms with van der Waals surface area (Å²) in [5.74, 6) is 1.56. The maximum absolute atomic E-state index is 12.6. The zero-order chi connectivity index (χ0) is 14.8. The van der Waals surface area contributed by atoms with Crippen LogP contribution in [0.15, 0.2) is 0 Å². The summed E-state index contributed by atoms with van der Waals surface area (Å²) in [6.07, 6.45) is 6.03. The maximum atomic E-state index is 12.6. The summed E-state index contributed by atoms with van der Waals surface area (Å²) in [6, 6.07) is 0.600. The first-order chi connectivity index (χ1) is 9.45. The first-order valence-electron chi connectivity index (χ1n) is 8.23. The molecule has 2 aliphatic carbocycles. The summed E-state index contributed by atoms with van der Waals surface area (Å²) in [6.45, 7) is 9.21. The molecule has 0 spiro atoms. The van der Waals surface area contributed by atoms with Gasteiger partial charge in [0.1, 0.15) is 5.78 Å². The Morgan fingerprint density at radius 2 is 2.05 bits per heavy atom. The van der Waals surface area contributed by atoms with Gasteiger partial charge in [0.05, 0.1) is 6.61 Å². The number of carbonyl (C=O) groups excluding carboxylic acids is 1. The van der Waals surface area contributed by atoms with Crippen LogP contribution < -0.4 is 0 Å². The average molecular weight is 281 g/mol. The van der Waals surface area contributed by atoms with Crippen LogP contribution in [0.25, 0.3) is 0 Å². The fourth-order valence-corrected chi connectivity index (χ4v) is 3.60. The highest BCUT2D eigenvalue weighted by molar-refractivity contribution is 5.87. The van der Waals surface area contributed by atoms with Crippen LogP contribution in [0.3, 0.4) is 0 Å². The van der Waals surface area contributed by atoms with Crippen molar-refractivity contribution in [3.05, 3.63) is 0 Å². The van der Waals surface area contributed by atoms with Crippen molar-refractivity contribution in [2.45, 2.75) is 58.9 Å². The zero-order valence-corrected chi connectivity index (χ0v) is 13.7. The summed E-state index contributed by atoms with van der Waals surface area (Å²) in [5.41, 5.74) is -0.112. The lowest BCUT2D eigenvalue weighted by Crippen LogP contribution is -2.46. The second-order valence-corrected chi connectivity index (χ2v) is 7.40. The van der Waals surface area contributed by atoms with E-state index in [2.05, 4.69) is 25.7 Å². The van der Waals surface area contributed by atoms with Gasteiger partial charge in [-0.1, -0.05) is 20.3 Å².